The number of carbonyl (C=O) groups excluding carboxylic acids is 1. The highest BCUT2D eigenvalue weighted by atomic mass is 16.5. The van der Waals surface area contributed by atoms with Crippen molar-refractivity contribution in [2.24, 2.45) is 0 Å². The van der Waals surface area contributed by atoms with Crippen LogP contribution in [0.3, 0.4) is 0 Å². The third-order valence-corrected chi connectivity index (χ3v) is 5.14. The second kappa shape index (κ2) is 8.70. The van der Waals surface area contributed by atoms with Gasteiger partial charge in [0.15, 0.2) is 0 Å². The van der Waals surface area contributed by atoms with Gasteiger partial charge in [-0.25, -0.2) is 0 Å². The molecule has 4 rings (SSSR count). The summed E-state index contributed by atoms with van der Waals surface area (Å²) in [4.78, 5) is 16.8. The molecule has 2 aliphatic heterocycles. The minimum Gasteiger partial charge on any atom is -0.490 e. The summed E-state index contributed by atoms with van der Waals surface area (Å²) in [5.41, 5.74) is 0.670. The van der Waals surface area contributed by atoms with Crippen molar-refractivity contribution in [1.29, 1.82) is 0 Å². The number of hydrogen-bond donors (Lipinski definition) is 0. The van der Waals surface area contributed by atoms with Crippen LogP contribution in [0.5, 0.6) is 5.75 Å². The lowest BCUT2D eigenvalue weighted by molar-refractivity contribution is 0.0302. The van der Waals surface area contributed by atoms with Crippen LogP contribution in [0, 0.1) is 6.92 Å². The fraction of sp³-hybridized carbons (Fsp3) is 0.550. The molecule has 2 aliphatic rings. The van der Waals surface area contributed by atoms with Gasteiger partial charge in [0.2, 0.25) is 11.8 Å². The Balaban J connectivity index is 1.29. The van der Waals surface area contributed by atoms with Crippen LogP contribution in [0.25, 0.3) is 0 Å². The Morgan fingerprint density at radius 3 is 2.68 bits per heavy atom. The smallest absolute Gasteiger partial charge is 0.254 e. The van der Waals surface area contributed by atoms with Crippen LogP contribution in [-0.2, 0) is 11.3 Å². The number of aromatic nitrogens is 2. The number of amides is 1. The van der Waals surface area contributed by atoms with Gasteiger partial charge in [0, 0.05) is 38.7 Å². The summed E-state index contributed by atoms with van der Waals surface area (Å²) >= 11 is 0. The van der Waals surface area contributed by atoms with Crippen LogP contribution in [0.4, 0.5) is 0 Å². The molecule has 8 nitrogen and oxygen atoms in total. The summed E-state index contributed by atoms with van der Waals surface area (Å²) < 4.78 is 16.9. The molecule has 0 bridgehead atoms. The molecular weight excluding hydrogens is 360 g/mol. The number of rotatable bonds is 5. The van der Waals surface area contributed by atoms with Crippen LogP contribution in [0.1, 0.15) is 35.0 Å². The number of benzene rings is 1. The molecule has 0 N–H and O–H groups in total. The lowest BCUT2D eigenvalue weighted by Gasteiger charge is -2.31. The molecule has 0 radical (unpaired) electrons. The fourth-order valence-electron chi connectivity index (χ4n) is 3.62. The Hall–Kier alpha value is -2.45. The van der Waals surface area contributed by atoms with E-state index < -0.39 is 0 Å². The molecule has 2 fully saturated rings. The molecule has 1 amide bonds. The van der Waals surface area contributed by atoms with Crippen LogP contribution in [0.2, 0.25) is 0 Å². The Morgan fingerprint density at radius 2 is 1.96 bits per heavy atom. The quantitative estimate of drug-likeness (QED) is 0.776. The first-order chi connectivity index (χ1) is 13.7. The highest BCUT2D eigenvalue weighted by Gasteiger charge is 2.23. The summed E-state index contributed by atoms with van der Waals surface area (Å²) in [6.07, 6.45) is 2.00. The molecule has 1 aromatic carbocycles. The molecule has 3 heterocycles. The van der Waals surface area contributed by atoms with E-state index >= 15 is 0 Å². The second-order valence-corrected chi connectivity index (χ2v) is 7.24. The molecule has 0 saturated carbocycles. The van der Waals surface area contributed by atoms with E-state index in [9.17, 15) is 4.79 Å². The largest absolute Gasteiger partial charge is 0.490 e. The van der Waals surface area contributed by atoms with Gasteiger partial charge in [-0.1, -0.05) is 6.07 Å². The molecule has 1 aromatic heterocycles. The SMILES string of the molecule is Cc1nnc(CN2CCC(Oc3cccc(C(=O)N4CCOCC4)c3)CC2)o1. The van der Waals surface area contributed by atoms with Crippen LogP contribution in [0.15, 0.2) is 28.7 Å². The van der Waals surface area contributed by atoms with Crippen LogP contribution in [-0.4, -0.2) is 71.4 Å². The van der Waals surface area contributed by atoms with E-state index in [4.69, 9.17) is 13.9 Å². The topological polar surface area (TPSA) is 80.9 Å². The molecular formula is C20H26N4O4. The summed E-state index contributed by atoms with van der Waals surface area (Å²) in [6.45, 7) is 6.79. The number of likely N-dealkylation sites (tertiary alicyclic amines) is 1. The van der Waals surface area contributed by atoms with Gasteiger partial charge in [0.05, 0.1) is 19.8 Å². The normalized spacial score (nSPS) is 19.0. The van der Waals surface area contributed by atoms with Gasteiger partial charge in [-0.15, -0.1) is 10.2 Å². The molecule has 0 aliphatic carbocycles. The van der Waals surface area contributed by atoms with Gasteiger partial charge in [-0.3, -0.25) is 9.69 Å². The van der Waals surface area contributed by atoms with E-state index in [1.165, 1.54) is 0 Å². The maximum absolute atomic E-state index is 12.7. The maximum atomic E-state index is 12.7. The third kappa shape index (κ3) is 4.69. The highest BCUT2D eigenvalue weighted by molar-refractivity contribution is 5.94. The van der Waals surface area contributed by atoms with Crippen molar-refractivity contribution in [2.45, 2.75) is 32.4 Å². The zero-order valence-corrected chi connectivity index (χ0v) is 16.2. The maximum Gasteiger partial charge on any atom is 0.254 e. The van der Waals surface area contributed by atoms with Crippen LogP contribution >= 0.6 is 0 Å². The van der Waals surface area contributed by atoms with E-state index in [1.807, 2.05) is 29.2 Å². The van der Waals surface area contributed by atoms with Gasteiger partial charge < -0.3 is 18.8 Å². The van der Waals surface area contributed by atoms with E-state index in [0.29, 0.717) is 50.2 Å². The Bertz CT molecular complexity index is 795. The molecule has 2 aromatic rings. The van der Waals surface area contributed by atoms with Crippen molar-refractivity contribution in [3.8, 4) is 5.75 Å². The average Bonchev–Trinajstić information content (AvgIpc) is 3.14. The lowest BCUT2D eigenvalue weighted by atomic mass is 10.1. The average molecular weight is 386 g/mol. The van der Waals surface area contributed by atoms with Gasteiger partial charge >= 0.3 is 0 Å². The minimum atomic E-state index is 0.0402. The van der Waals surface area contributed by atoms with Crippen LogP contribution < -0.4 is 4.74 Å². The van der Waals surface area contributed by atoms with E-state index in [0.717, 1.165) is 31.7 Å². The summed E-state index contributed by atoms with van der Waals surface area (Å²) in [5.74, 6) is 2.05. The van der Waals surface area contributed by atoms with Crippen molar-refractivity contribution in [1.82, 2.24) is 20.0 Å². The van der Waals surface area contributed by atoms with Gasteiger partial charge in [0.25, 0.3) is 5.91 Å². The molecule has 0 atom stereocenters. The predicted molar refractivity (Wildman–Crippen MR) is 101 cm³/mol. The zero-order valence-electron chi connectivity index (χ0n) is 16.2. The second-order valence-electron chi connectivity index (χ2n) is 7.24. The first-order valence-electron chi connectivity index (χ1n) is 9.82. The predicted octanol–water partition coefficient (Wildman–Crippen LogP) is 1.89. The van der Waals surface area contributed by atoms with E-state index in [2.05, 4.69) is 15.1 Å². The zero-order chi connectivity index (χ0) is 19.3. The standard InChI is InChI=1S/C20H26N4O4/c1-15-21-22-19(27-15)14-23-7-5-17(6-8-23)28-18-4-2-3-16(13-18)20(25)24-9-11-26-12-10-24/h2-4,13,17H,5-12,14H2,1H3. The van der Waals surface area contributed by atoms with Crippen molar-refractivity contribution < 1.29 is 18.7 Å². The monoisotopic (exact) mass is 386 g/mol. The Morgan fingerprint density at radius 1 is 1.18 bits per heavy atom. The lowest BCUT2D eigenvalue weighted by Crippen LogP contribution is -2.40. The molecule has 0 spiro atoms. The number of piperidine rings is 1. The number of morpholine rings is 1. The minimum absolute atomic E-state index is 0.0402. The molecule has 150 valence electrons. The molecule has 0 unspecified atom stereocenters. The third-order valence-electron chi connectivity index (χ3n) is 5.14. The first-order valence-corrected chi connectivity index (χ1v) is 9.82. The number of hydrogen-bond acceptors (Lipinski definition) is 7. The van der Waals surface area contributed by atoms with Crippen molar-refractivity contribution in [3.63, 3.8) is 0 Å². The van der Waals surface area contributed by atoms with Crippen molar-refractivity contribution >= 4 is 5.91 Å². The molecule has 8 heteroatoms. The summed E-state index contributed by atoms with van der Waals surface area (Å²) in [5, 5.41) is 7.93. The van der Waals surface area contributed by atoms with E-state index in [1.54, 1.807) is 6.92 Å². The number of ether oxygens (including phenoxy) is 2. The van der Waals surface area contributed by atoms with E-state index in [-0.39, 0.29) is 12.0 Å². The molecule has 28 heavy (non-hydrogen) atoms. The molecule has 2 saturated heterocycles. The summed E-state index contributed by atoms with van der Waals surface area (Å²) in [7, 11) is 0. The number of carbonyl (C=O) groups is 1. The Labute approximate surface area is 164 Å². The Kier molecular flexibility index (Phi) is 5.87. The highest BCUT2D eigenvalue weighted by Crippen LogP contribution is 2.22. The van der Waals surface area contributed by atoms with Gasteiger partial charge in [0.1, 0.15) is 11.9 Å². The van der Waals surface area contributed by atoms with Gasteiger partial charge in [-0.05, 0) is 31.0 Å². The summed E-state index contributed by atoms with van der Waals surface area (Å²) in [6, 6.07) is 7.50. The first kappa shape index (κ1) is 18.9. The van der Waals surface area contributed by atoms with Crippen molar-refractivity contribution in [2.75, 3.05) is 39.4 Å². The van der Waals surface area contributed by atoms with Gasteiger partial charge in [-0.2, -0.15) is 0 Å². The number of aryl methyl sites for hydroxylation is 1. The fourth-order valence-corrected chi connectivity index (χ4v) is 3.62. The van der Waals surface area contributed by atoms with Crippen molar-refractivity contribution in [3.05, 3.63) is 41.6 Å². The number of nitrogens with zero attached hydrogens (tertiary/aromatic N) is 4.